The molecule has 0 aliphatic rings. The number of carbonyl (C=O) groups excluding carboxylic acids is 1. The fourth-order valence-electron chi connectivity index (χ4n) is 2.64. The third kappa shape index (κ3) is 5.43. The Morgan fingerprint density at radius 2 is 1.86 bits per heavy atom. The summed E-state index contributed by atoms with van der Waals surface area (Å²) in [5, 5.41) is 21.3. The van der Waals surface area contributed by atoms with E-state index in [-0.39, 0.29) is 24.4 Å². The lowest BCUT2D eigenvalue weighted by Gasteiger charge is -2.21. The van der Waals surface area contributed by atoms with Gasteiger partial charge in [0.25, 0.3) is 11.6 Å². The average molecular weight is 388 g/mol. The van der Waals surface area contributed by atoms with Crippen LogP contribution >= 0.6 is 0 Å². The van der Waals surface area contributed by atoms with Crippen LogP contribution in [0.2, 0.25) is 0 Å². The molecule has 1 N–H and O–H groups in total. The molecule has 0 saturated carbocycles. The number of carbonyl (C=O) groups is 1. The molecule has 0 aliphatic carbocycles. The van der Waals surface area contributed by atoms with Crippen molar-refractivity contribution >= 4 is 11.6 Å². The number of benzene rings is 2. The van der Waals surface area contributed by atoms with Crippen molar-refractivity contribution in [1.82, 2.24) is 4.90 Å². The number of nitro benzene ring substituents is 1. The third-order valence-corrected chi connectivity index (χ3v) is 4.06. The Bertz CT molecular complexity index is 839. The summed E-state index contributed by atoms with van der Waals surface area (Å²) >= 11 is 0. The van der Waals surface area contributed by atoms with Gasteiger partial charge in [-0.15, -0.1) is 0 Å². The maximum Gasteiger partial charge on any atom is 0.273 e. The molecule has 0 fully saturated rings. The van der Waals surface area contributed by atoms with Crippen LogP contribution < -0.4 is 9.47 Å². The van der Waals surface area contributed by atoms with Crippen molar-refractivity contribution in [2.45, 2.75) is 20.0 Å². The SMILES string of the molecule is CCOc1ccccc1OC[C@H](O)CN(C)C(=O)c1ccc(C)c([N+](=O)[O-])c1. The van der Waals surface area contributed by atoms with Gasteiger partial charge in [-0.25, -0.2) is 0 Å². The van der Waals surface area contributed by atoms with E-state index < -0.39 is 16.9 Å². The van der Waals surface area contributed by atoms with Crippen molar-refractivity contribution in [3.63, 3.8) is 0 Å². The summed E-state index contributed by atoms with van der Waals surface area (Å²) in [6, 6.07) is 11.4. The summed E-state index contributed by atoms with van der Waals surface area (Å²) < 4.78 is 11.1. The number of ether oxygens (including phenoxy) is 2. The molecule has 2 aromatic carbocycles. The topological polar surface area (TPSA) is 102 Å². The van der Waals surface area contributed by atoms with E-state index in [0.717, 1.165) is 0 Å². The van der Waals surface area contributed by atoms with Gasteiger partial charge in [-0.1, -0.05) is 18.2 Å². The van der Waals surface area contributed by atoms with Gasteiger partial charge in [-0.3, -0.25) is 14.9 Å². The maximum atomic E-state index is 12.5. The summed E-state index contributed by atoms with van der Waals surface area (Å²) in [5.74, 6) is 0.664. The molecule has 150 valence electrons. The molecule has 0 unspecified atom stereocenters. The molecule has 8 nitrogen and oxygen atoms in total. The Labute approximate surface area is 163 Å². The monoisotopic (exact) mass is 388 g/mol. The van der Waals surface area contributed by atoms with Crippen LogP contribution in [0.3, 0.4) is 0 Å². The van der Waals surface area contributed by atoms with Crippen molar-refractivity contribution in [2.24, 2.45) is 0 Å². The zero-order chi connectivity index (χ0) is 20.7. The van der Waals surface area contributed by atoms with E-state index in [1.807, 2.05) is 13.0 Å². The van der Waals surface area contributed by atoms with Crippen molar-refractivity contribution in [3.05, 3.63) is 63.7 Å². The van der Waals surface area contributed by atoms with E-state index in [9.17, 15) is 20.0 Å². The fourth-order valence-corrected chi connectivity index (χ4v) is 2.64. The number of amides is 1. The van der Waals surface area contributed by atoms with Crippen LogP contribution in [-0.4, -0.2) is 53.7 Å². The van der Waals surface area contributed by atoms with Gasteiger partial charge in [-0.2, -0.15) is 0 Å². The molecule has 0 aromatic heterocycles. The normalized spacial score (nSPS) is 11.6. The van der Waals surface area contributed by atoms with Gasteiger partial charge >= 0.3 is 0 Å². The average Bonchev–Trinajstić information content (AvgIpc) is 2.67. The molecule has 1 atom stereocenters. The lowest BCUT2D eigenvalue weighted by atomic mass is 10.1. The number of hydrogen-bond acceptors (Lipinski definition) is 6. The number of rotatable bonds is 9. The highest BCUT2D eigenvalue weighted by molar-refractivity contribution is 5.94. The molecule has 0 radical (unpaired) electrons. The summed E-state index contributed by atoms with van der Waals surface area (Å²) in [5.41, 5.74) is 0.552. The van der Waals surface area contributed by atoms with Crippen LogP contribution in [0.5, 0.6) is 11.5 Å². The number of nitro groups is 1. The van der Waals surface area contributed by atoms with Crippen LogP contribution in [0, 0.1) is 17.0 Å². The zero-order valence-corrected chi connectivity index (χ0v) is 16.1. The van der Waals surface area contributed by atoms with E-state index in [1.165, 1.54) is 30.1 Å². The molecular formula is C20H24N2O6. The van der Waals surface area contributed by atoms with E-state index in [0.29, 0.717) is 23.7 Å². The van der Waals surface area contributed by atoms with Gasteiger partial charge in [0.05, 0.1) is 11.5 Å². The van der Waals surface area contributed by atoms with Crippen molar-refractivity contribution in [2.75, 3.05) is 26.8 Å². The van der Waals surface area contributed by atoms with Gasteiger partial charge < -0.3 is 19.5 Å². The summed E-state index contributed by atoms with van der Waals surface area (Å²) in [6.45, 7) is 3.94. The predicted molar refractivity (Wildman–Crippen MR) is 104 cm³/mol. The lowest BCUT2D eigenvalue weighted by Crippen LogP contribution is -2.37. The van der Waals surface area contributed by atoms with Gasteiger partial charge in [0.2, 0.25) is 0 Å². The molecule has 0 bridgehead atoms. The fraction of sp³-hybridized carbons (Fsp3) is 0.350. The highest BCUT2D eigenvalue weighted by atomic mass is 16.6. The predicted octanol–water partition coefficient (Wildman–Crippen LogP) is 2.81. The zero-order valence-electron chi connectivity index (χ0n) is 16.1. The van der Waals surface area contributed by atoms with E-state index in [1.54, 1.807) is 25.1 Å². The number of nitrogens with zero attached hydrogens (tertiary/aromatic N) is 2. The molecule has 0 heterocycles. The quantitative estimate of drug-likeness (QED) is 0.523. The second-order valence-electron chi connectivity index (χ2n) is 6.29. The molecule has 28 heavy (non-hydrogen) atoms. The standard InChI is InChI=1S/C20H24N2O6/c1-4-27-18-7-5-6-8-19(18)28-13-16(23)12-21(3)20(24)15-10-9-14(2)17(11-15)22(25)26/h5-11,16,23H,4,12-13H2,1-3H3/t16-/m1/s1. The summed E-state index contributed by atoms with van der Waals surface area (Å²) in [6.07, 6.45) is -0.941. The summed E-state index contributed by atoms with van der Waals surface area (Å²) in [7, 11) is 1.52. The maximum absolute atomic E-state index is 12.5. The molecule has 0 saturated heterocycles. The number of hydrogen-bond donors (Lipinski definition) is 1. The second-order valence-corrected chi connectivity index (χ2v) is 6.29. The van der Waals surface area contributed by atoms with Crippen LogP contribution in [0.4, 0.5) is 5.69 Å². The van der Waals surface area contributed by atoms with Gasteiger partial charge in [-0.05, 0) is 32.0 Å². The molecule has 1 amide bonds. The molecule has 0 spiro atoms. The minimum atomic E-state index is -0.941. The largest absolute Gasteiger partial charge is 0.490 e. The molecular weight excluding hydrogens is 364 g/mol. The molecule has 8 heteroatoms. The third-order valence-electron chi connectivity index (χ3n) is 4.06. The molecule has 2 rings (SSSR count). The Morgan fingerprint density at radius 1 is 1.21 bits per heavy atom. The minimum Gasteiger partial charge on any atom is -0.490 e. The Kier molecular flexibility index (Phi) is 7.34. The van der Waals surface area contributed by atoms with Crippen molar-refractivity contribution < 1.29 is 24.3 Å². The second kappa shape index (κ2) is 9.70. The van der Waals surface area contributed by atoms with Crippen LogP contribution in [-0.2, 0) is 0 Å². The van der Waals surface area contributed by atoms with Crippen molar-refractivity contribution in [3.8, 4) is 11.5 Å². The van der Waals surface area contributed by atoms with Gasteiger partial charge in [0.1, 0.15) is 12.7 Å². The number of likely N-dealkylation sites (N-methyl/N-ethyl adjacent to an activating group) is 1. The summed E-state index contributed by atoms with van der Waals surface area (Å²) in [4.78, 5) is 24.3. The Balaban J connectivity index is 1.97. The van der Waals surface area contributed by atoms with Gasteiger partial charge in [0.15, 0.2) is 11.5 Å². The Morgan fingerprint density at radius 3 is 2.46 bits per heavy atom. The van der Waals surface area contributed by atoms with Crippen LogP contribution in [0.25, 0.3) is 0 Å². The number of aliphatic hydroxyl groups excluding tert-OH is 1. The first kappa shape index (κ1) is 21.2. The van der Waals surface area contributed by atoms with E-state index in [4.69, 9.17) is 9.47 Å². The lowest BCUT2D eigenvalue weighted by molar-refractivity contribution is -0.385. The number of aliphatic hydroxyl groups is 1. The number of aryl methyl sites for hydroxylation is 1. The first-order valence-corrected chi connectivity index (χ1v) is 8.86. The Hall–Kier alpha value is -3.13. The number of para-hydroxylation sites is 2. The highest BCUT2D eigenvalue weighted by Gasteiger charge is 2.20. The van der Waals surface area contributed by atoms with Gasteiger partial charge in [0, 0.05) is 30.8 Å². The molecule has 0 aliphatic heterocycles. The minimum absolute atomic E-state index is 0.0112. The molecule has 2 aromatic rings. The van der Waals surface area contributed by atoms with Crippen LogP contribution in [0.1, 0.15) is 22.8 Å². The highest BCUT2D eigenvalue weighted by Crippen LogP contribution is 2.26. The first-order chi connectivity index (χ1) is 13.3. The van der Waals surface area contributed by atoms with E-state index >= 15 is 0 Å². The van der Waals surface area contributed by atoms with Crippen LogP contribution in [0.15, 0.2) is 42.5 Å². The van der Waals surface area contributed by atoms with Crippen molar-refractivity contribution in [1.29, 1.82) is 0 Å². The smallest absolute Gasteiger partial charge is 0.273 e. The van der Waals surface area contributed by atoms with E-state index in [2.05, 4.69) is 0 Å². The first-order valence-electron chi connectivity index (χ1n) is 8.86.